The van der Waals surface area contributed by atoms with E-state index in [-0.39, 0.29) is 21.4 Å². The number of hydrogen-bond acceptors (Lipinski definition) is 4. The van der Waals surface area contributed by atoms with E-state index in [1.165, 1.54) is 35.9 Å². The van der Waals surface area contributed by atoms with Crippen molar-refractivity contribution in [1.82, 2.24) is 4.90 Å². The molecular weight excluding hydrogens is 325 g/mol. The predicted molar refractivity (Wildman–Crippen MR) is 77.9 cm³/mol. The fourth-order valence-electron chi connectivity index (χ4n) is 1.89. The number of carboxylic acid groups (broad SMARTS) is 1. The second kappa shape index (κ2) is 6.11. The fourth-order valence-corrected chi connectivity index (χ4v) is 3.68. The molecule has 0 bridgehead atoms. The maximum Gasteiger partial charge on any atom is 0.327 e. The molecule has 1 atom stereocenters. The van der Waals surface area contributed by atoms with Crippen molar-refractivity contribution in [2.75, 3.05) is 18.7 Å². The Kier molecular flexibility index (Phi) is 4.67. The van der Waals surface area contributed by atoms with E-state index in [4.69, 9.17) is 33.0 Å². The summed E-state index contributed by atoms with van der Waals surface area (Å²) < 4.78 is 5.01. The molecule has 20 heavy (non-hydrogen) atoms. The summed E-state index contributed by atoms with van der Waals surface area (Å²) in [4.78, 5) is 24.8. The third-order valence-electron chi connectivity index (χ3n) is 2.88. The standard InChI is InChI=1S/C12H11Cl2NO4S/c1-19-10-7(13)2-6(3-8(10)14)11(16)15-5-20-4-9(15)12(17)18/h2-3,9H,4-5H2,1H3,(H,17,18)/t9-/m0/s1. The van der Waals surface area contributed by atoms with Crippen LogP contribution < -0.4 is 4.74 Å². The average molecular weight is 336 g/mol. The highest BCUT2D eigenvalue weighted by atomic mass is 35.5. The Bertz CT molecular complexity index is 543. The molecular formula is C12H11Cl2NO4S. The van der Waals surface area contributed by atoms with Crippen molar-refractivity contribution in [1.29, 1.82) is 0 Å². The van der Waals surface area contributed by atoms with Gasteiger partial charge in [-0.15, -0.1) is 11.8 Å². The number of aliphatic carboxylic acids is 1. The van der Waals surface area contributed by atoms with E-state index in [0.717, 1.165) is 0 Å². The van der Waals surface area contributed by atoms with Crippen LogP contribution in [-0.2, 0) is 4.79 Å². The van der Waals surface area contributed by atoms with Gasteiger partial charge in [0.2, 0.25) is 0 Å². The highest BCUT2D eigenvalue weighted by Crippen LogP contribution is 2.35. The van der Waals surface area contributed by atoms with Gasteiger partial charge >= 0.3 is 5.97 Å². The van der Waals surface area contributed by atoms with Gasteiger partial charge in [-0.05, 0) is 12.1 Å². The monoisotopic (exact) mass is 335 g/mol. The molecule has 108 valence electrons. The first-order valence-corrected chi connectivity index (χ1v) is 7.51. The summed E-state index contributed by atoms with van der Waals surface area (Å²) in [5.41, 5.74) is 0.245. The molecule has 0 spiro atoms. The van der Waals surface area contributed by atoms with Crippen molar-refractivity contribution < 1.29 is 19.4 Å². The Hall–Kier alpha value is -1.11. The molecule has 1 amide bonds. The van der Waals surface area contributed by atoms with Crippen molar-refractivity contribution in [2.24, 2.45) is 0 Å². The first kappa shape index (κ1) is 15.3. The van der Waals surface area contributed by atoms with Gasteiger partial charge in [0.1, 0.15) is 6.04 Å². The molecule has 1 heterocycles. The number of carbonyl (C=O) groups excluding carboxylic acids is 1. The van der Waals surface area contributed by atoms with E-state index in [1.807, 2.05) is 0 Å². The summed E-state index contributed by atoms with van der Waals surface area (Å²) in [7, 11) is 1.42. The summed E-state index contributed by atoms with van der Waals surface area (Å²) in [6.45, 7) is 0. The number of amides is 1. The van der Waals surface area contributed by atoms with Gasteiger partial charge in [-0.25, -0.2) is 4.79 Å². The first-order valence-electron chi connectivity index (χ1n) is 5.60. The number of carboxylic acids is 1. The number of carbonyl (C=O) groups is 2. The molecule has 1 saturated heterocycles. The summed E-state index contributed by atoms with van der Waals surface area (Å²) >= 11 is 13.4. The van der Waals surface area contributed by atoms with E-state index in [0.29, 0.717) is 11.6 Å². The highest BCUT2D eigenvalue weighted by Gasteiger charge is 2.35. The number of halogens is 2. The molecule has 1 aliphatic heterocycles. The minimum Gasteiger partial charge on any atom is -0.494 e. The topological polar surface area (TPSA) is 66.8 Å². The molecule has 1 aliphatic rings. The van der Waals surface area contributed by atoms with E-state index >= 15 is 0 Å². The number of benzene rings is 1. The van der Waals surface area contributed by atoms with Crippen LogP contribution in [0.15, 0.2) is 12.1 Å². The van der Waals surface area contributed by atoms with Gasteiger partial charge in [0.15, 0.2) is 5.75 Å². The Labute approximate surface area is 129 Å². The lowest BCUT2D eigenvalue weighted by atomic mass is 10.1. The Morgan fingerprint density at radius 1 is 1.40 bits per heavy atom. The van der Waals surface area contributed by atoms with Gasteiger partial charge in [-0.3, -0.25) is 4.79 Å². The van der Waals surface area contributed by atoms with Gasteiger partial charge in [-0.2, -0.15) is 0 Å². The van der Waals surface area contributed by atoms with Crippen molar-refractivity contribution in [2.45, 2.75) is 6.04 Å². The third-order valence-corrected chi connectivity index (χ3v) is 4.45. The summed E-state index contributed by atoms with van der Waals surface area (Å²) in [6.07, 6.45) is 0. The van der Waals surface area contributed by atoms with Crippen molar-refractivity contribution >= 4 is 46.8 Å². The third kappa shape index (κ3) is 2.82. The van der Waals surface area contributed by atoms with E-state index < -0.39 is 17.9 Å². The zero-order valence-electron chi connectivity index (χ0n) is 10.4. The minimum absolute atomic E-state index is 0.210. The van der Waals surface area contributed by atoms with E-state index in [9.17, 15) is 9.59 Å². The van der Waals surface area contributed by atoms with Crippen LogP contribution in [0.3, 0.4) is 0 Å². The Morgan fingerprint density at radius 2 is 2.00 bits per heavy atom. The lowest BCUT2D eigenvalue weighted by Gasteiger charge is -2.21. The summed E-state index contributed by atoms with van der Waals surface area (Å²) in [5.74, 6) is -0.436. The zero-order chi connectivity index (χ0) is 14.9. The van der Waals surface area contributed by atoms with Crippen LogP contribution in [0.25, 0.3) is 0 Å². The van der Waals surface area contributed by atoms with Crippen molar-refractivity contribution in [3.05, 3.63) is 27.7 Å². The molecule has 1 aromatic carbocycles. The molecule has 1 N–H and O–H groups in total. The molecule has 8 heteroatoms. The fraction of sp³-hybridized carbons (Fsp3) is 0.333. The molecule has 0 saturated carbocycles. The first-order chi connectivity index (χ1) is 9.45. The number of hydrogen-bond donors (Lipinski definition) is 1. The minimum atomic E-state index is -1.02. The number of methoxy groups -OCH3 is 1. The summed E-state index contributed by atoms with van der Waals surface area (Å²) in [6, 6.07) is 2.03. The smallest absolute Gasteiger partial charge is 0.327 e. The van der Waals surface area contributed by atoms with E-state index in [2.05, 4.69) is 0 Å². The Morgan fingerprint density at radius 3 is 2.50 bits per heavy atom. The molecule has 0 unspecified atom stereocenters. The number of rotatable bonds is 3. The van der Waals surface area contributed by atoms with E-state index in [1.54, 1.807) is 0 Å². The molecule has 0 radical (unpaired) electrons. The second-order valence-corrected chi connectivity index (χ2v) is 5.92. The van der Waals surface area contributed by atoms with Crippen LogP contribution in [-0.4, -0.2) is 46.7 Å². The maximum absolute atomic E-state index is 12.4. The molecule has 0 aliphatic carbocycles. The average Bonchev–Trinajstić information content (AvgIpc) is 2.86. The Balaban J connectivity index is 2.32. The normalized spacial score (nSPS) is 18.1. The lowest BCUT2D eigenvalue weighted by Crippen LogP contribution is -2.41. The van der Waals surface area contributed by atoms with Gasteiger partial charge in [0.25, 0.3) is 5.91 Å². The van der Waals surface area contributed by atoms with Crippen LogP contribution in [0.5, 0.6) is 5.75 Å². The number of ether oxygens (including phenoxy) is 1. The van der Waals surface area contributed by atoms with Crippen LogP contribution in [0.4, 0.5) is 0 Å². The number of nitrogens with zero attached hydrogens (tertiary/aromatic N) is 1. The summed E-state index contributed by atoms with van der Waals surface area (Å²) in [5, 5.41) is 9.51. The zero-order valence-corrected chi connectivity index (χ0v) is 12.8. The molecule has 2 rings (SSSR count). The quantitative estimate of drug-likeness (QED) is 0.919. The molecule has 5 nitrogen and oxygen atoms in total. The van der Waals surface area contributed by atoms with Gasteiger partial charge in [-0.1, -0.05) is 23.2 Å². The van der Waals surface area contributed by atoms with Gasteiger partial charge < -0.3 is 14.7 Å². The van der Waals surface area contributed by atoms with Crippen molar-refractivity contribution in [3.63, 3.8) is 0 Å². The molecule has 1 fully saturated rings. The number of thioether (sulfide) groups is 1. The molecule has 1 aromatic rings. The molecule has 0 aromatic heterocycles. The van der Waals surface area contributed by atoms with Gasteiger partial charge in [0, 0.05) is 11.3 Å². The van der Waals surface area contributed by atoms with Crippen LogP contribution in [0.1, 0.15) is 10.4 Å². The largest absolute Gasteiger partial charge is 0.494 e. The maximum atomic E-state index is 12.4. The highest BCUT2D eigenvalue weighted by molar-refractivity contribution is 7.99. The lowest BCUT2D eigenvalue weighted by molar-refractivity contribution is -0.140. The van der Waals surface area contributed by atoms with Gasteiger partial charge in [0.05, 0.1) is 23.0 Å². The van der Waals surface area contributed by atoms with Crippen LogP contribution in [0, 0.1) is 0 Å². The predicted octanol–water partition coefficient (Wildman–Crippen LogP) is 2.60. The van der Waals surface area contributed by atoms with Crippen LogP contribution >= 0.6 is 35.0 Å². The SMILES string of the molecule is COc1c(Cl)cc(C(=O)N2CSC[C@H]2C(=O)O)cc1Cl. The second-order valence-electron chi connectivity index (χ2n) is 4.10. The van der Waals surface area contributed by atoms with Crippen LogP contribution in [0.2, 0.25) is 10.0 Å². The van der Waals surface area contributed by atoms with Crippen molar-refractivity contribution in [3.8, 4) is 5.75 Å².